The smallest absolute Gasteiger partial charge is 0.159 e. The molecule has 1 aromatic rings. The third kappa shape index (κ3) is 2.81. The van der Waals surface area contributed by atoms with Crippen LogP contribution in [-0.2, 0) is 0 Å². The first-order chi connectivity index (χ1) is 6.67. The van der Waals surface area contributed by atoms with Gasteiger partial charge in [0.15, 0.2) is 11.6 Å². The van der Waals surface area contributed by atoms with Crippen LogP contribution < -0.4 is 0 Å². The Balaban J connectivity index is 2.97. The normalized spacial score (nSPS) is 11.9. The van der Waals surface area contributed by atoms with Crippen molar-refractivity contribution < 1.29 is 8.78 Å². The Hall–Kier alpha value is -0.890. The number of hydrogen-bond acceptors (Lipinski definition) is 0. The highest BCUT2D eigenvalue weighted by atomic mass is 35.5. The molecule has 0 unspecified atom stereocenters. The molecule has 1 aromatic carbocycles. The largest absolute Gasteiger partial charge is 0.204 e. The van der Waals surface area contributed by atoms with E-state index in [1.807, 2.05) is 6.92 Å². The fraction of sp³-hybridized carbons (Fsp3) is 0.273. The average Bonchev–Trinajstić information content (AvgIpc) is 2.19. The van der Waals surface area contributed by atoms with Gasteiger partial charge >= 0.3 is 0 Å². The number of alkyl halides is 1. The molecule has 0 fully saturated rings. The zero-order valence-corrected chi connectivity index (χ0v) is 8.61. The van der Waals surface area contributed by atoms with E-state index in [1.54, 1.807) is 6.08 Å². The summed E-state index contributed by atoms with van der Waals surface area (Å²) in [7, 11) is 0. The minimum atomic E-state index is -0.830. The van der Waals surface area contributed by atoms with Crippen LogP contribution in [0.5, 0.6) is 0 Å². The molecule has 0 aliphatic carbocycles. The third-order valence-corrected chi connectivity index (χ3v) is 2.28. The first-order valence-electron chi connectivity index (χ1n) is 4.37. The summed E-state index contributed by atoms with van der Waals surface area (Å²) >= 11 is 5.65. The van der Waals surface area contributed by atoms with Crippen molar-refractivity contribution in [1.82, 2.24) is 0 Å². The van der Waals surface area contributed by atoms with Crippen molar-refractivity contribution >= 4 is 17.7 Å². The van der Waals surface area contributed by atoms with Crippen LogP contribution in [0.25, 0.3) is 6.08 Å². The minimum Gasteiger partial charge on any atom is -0.204 e. The van der Waals surface area contributed by atoms with Crippen LogP contribution in [0.15, 0.2) is 23.8 Å². The summed E-state index contributed by atoms with van der Waals surface area (Å²) < 4.78 is 25.4. The van der Waals surface area contributed by atoms with Crippen LogP contribution in [-0.4, -0.2) is 5.88 Å². The molecule has 3 heteroatoms. The van der Waals surface area contributed by atoms with Crippen LogP contribution in [0.3, 0.4) is 0 Å². The summed E-state index contributed by atoms with van der Waals surface area (Å²) in [6.07, 6.45) is 2.58. The minimum absolute atomic E-state index is 0.412. The molecule has 14 heavy (non-hydrogen) atoms. The van der Waals surface area contributed by atoms with E-state index in [0.717, 1.165) is 24.1 Å². The van der Waals surface area contributed by atoms with E-state index >= 15 is 0 Å². The molecule has 0 nitrogen and oxygen atoms in total. The van der Waals surface area contributed by atoms with E-state index < -0.39 is 11.6 Å². The van der Waals surface area contributed by atoms with Gasteiger partial charge < -0.3 is 0 Å². The zero-order valence-electron chi connectivity index (χ0n) is 7.86. The van der Waals surface area contributed by atoms with Crippen LogP contribution in [0.1, 0.15) is 18.9 Å². The van der Waals surface area contributed by atoms with Gasteiger partial charge in [0.25, 0.3) is 0 Å². The van der Waals surface area contributed by atoms with Crippen LogP contribution in [0.4, 0.5) is 8.78 Å². The van der Waals surface area contributed by atoms with Crippen molar-refractivity contribution in [1.29, 1.82) is 0 Å². The van der Waals surface area contributed by atoms with Gasteiger partial charge in [-0.25, -0.2) is 8.78 Å². The summed E-state index contributed by atoms with van der Waals surface area (Å²) in [5.74, 6) is -1.25. The maximum Gasteiger partial charge on any atom is 0.159 e. The molecule has 0 bridgehead atoms. The number of halogens is 3. The number of rotatable bonds is 3. The van der Waals surface area contributed by atoms with E-state index in [0.29, 0.717) is 11.4 Å². The standard InChI is InChI=1S/C11H11ClF2/c1-2-8(7-12)5-9-3-4-10(13)11(14)6-9/h3-6H,2,7H2,1H3. The first kappa shape index (κ1) is 11.2. The molecule has 76 valence electrons. The van der Waals surface area contributed by atoms with Crippen molar-refractivity contribution in [2.75, 3.05) is 5.88 Å². The maximum atomic E-state index is 12.8. The Morgan fingerprint density at radius 1 is 1.36 bits per heavy atom. The Morgan fingerprint density at radius 2 is 2.07 bits per heavy atom. The second-order valence-corrected chi connectivity index (χ2v) is 3.23. The molecule has 0 heterocycles. The summed E-state index contributed by atoms with van der Waals surface area (Å²) in [6, 6.07) is 3.81. The molecule has 0 saturated carbocycles. The fourth-order valence-corrected chi connectivity index (χ4v) is 1.34. The summed E-state index contributed by atoms with van der Waals surface area (Å²) in [5, 5.41) is 0. The molecule has 0 aromatic heterocycles. The van der Waals surface area contributed by atoms with Gasteiger partial charge in [-0.1, -0.05) is 24.6 Å². The highest BCUT2D eigenvalue weighted by Gasteiger charge is 2.01. The second kappa shape index (κ2) is 5.11. The molecule has 0 N–H and O–H groups in total. The number of benzene rings is 1. The van der Waals surface area contributed by atoms with E-state index in [4.69, 9.17) is 11.6 Å². The summed E-state index contributed by atoms with van der Waals surface area (Å²) in [5.41, 5.74) is 1.64. The predicted molar refractivity (Wildman–Crippen MR) is 55.3 cm³/mol. The molecular formula is C11H11ClF2. The molecule has 0 spiro atoms. The van der Waals surface area contributed by atoms with Gasteiger partial charge in [-0.05, 0) is 24.1 Å². The molecule has 0 saturated heterocycles. The average molecular weight is 217 g/mol. The first-order valence-corrected chi connectivity index (χ1v) is 4.91. The SMILES string of the molecule is CCC(=Cc1ccc(F)c(F)c1)CCl. The van der Waals surface area contributed by atoms with Crippen molar-refractivity contribution in [3.63, 3.8) is 0 Å². The van der Waals surface area contributed by atoms with Gasteiger partial charge in [-0.2, -0.15) is 0 Å². The summed E-state index contributed by atoms with van der Waals surface area (Å²) in [4.78, 5) is 0. The van der Waals surface area contributed by atoms with Gasteiger partial charge in [0.2, 0.25) is 0 Å². The molecule has 0 aliphatic rings. The highest BCUT2D eigenvalue weighted by molar-refractivity contribution is 6.19. The van der Waals surface area contributed by atoms with E-state index in [2.05, 4.69) is 0 Å². The molecule has 0 aliphatic heterocycles. The molecule has 0 atom stereocenters. The van der Waals surface area contributed by atoms with Crippen molar-refractivity contribution in [2.24, 2.45) is 0 Å². The lowest BCUT2D eigenvalue weighted by Gasteiger charge is -2.00. The van der Waals surface area contributed by atoms with Gasteiger partial charge in [0.1, 0.15) is 0 Å². The quantitative estimate of drug-likeness (QED) is 0.670. The van der Waals surface area contributed by atoms with Crippen LogP contribution >= 0.6 is 11.6 Å². The van der Waals surface area contributed by atoms with Crippen molar-refractivity contribution in [3.8, 4) is 0 Å². The number of allylic oxidation sites excluding steroid dienone is 1. The predicted octanol–water partition coefficient (Wildman–Crippen LogP) is 4.00. The van der Waals surface area contributed by atoms with Gasteiger partial charge in [0.05, 0.1) is 0 Å². The monoisotopic (exact) mass is 216 g/mol. The summed E-state index contributed by atoms with van der Waals surface area (Å²) in [6.45, 7) is 1.97. The van der Waals surface area contributed by atoms with E-state index in [9.17, 15) is 8.78 Å². The topological polar surface area (TPSA) is 0 Å². The lowest BCUT2D eigenvalue weighted by Crippen LogP contribution is -1.86. The third-order valence-electron chi connectivity index (χ3n) is 1.94. The fourth-order valence-electron chi connectivity index (χ4n) is 1.07. The Bertz CT molecular complexity index is 339. The van der Waals surface area contributed by atoms with Gasteiger partial charge in [-0.15, -0.1) is 11.6 Å². The van der Waals surface area contributed by atoms with Gasteiger partial charge in [-0.3, -0.25) is 0 Å². The molecule has 0 radical (unpaired) electrons. The molecule has 0 amide bonds. The second-order valence-electron chi connectivity index (χ2n) is 2.96. The lowest BCUT2D eigenvalue weighted by atomic mass is 10.1. The van der Waals surface area contributed by atoms with Crippen molar-refractivity contribution in [2.45, 2.75) is 13.3 Å². The Kier molecular flexibility index (Phi) is 4.08. The zero-order chi connectivity index (χ0) is 10.6. The highest BCUT2D eigenvalue weighted by Crippen LogP contribution is 2.14. The lowest BCUT2D eigenvalue weighted by molar-refractivity contribution is 0.508. The van der Waals surface area contributed by atoms with Crippen LogP contribution in [0.2, 0.25) is 0 Å². The molecule has 1 rings (SSSR count). The Labute approximate surface area is 87.2 Å². The van der Waals surface area contributed by atoms with Crippen molar-refractivity contribution in [3.05, 3.63) is 41.0 Å². The maximum absolute atomic E-state index is 12.8. The van der Waals surface area contributed by atoms with E-state index in [1.165, 1.54) is 6.07 Å². The van der Waals surface area contributed by atoms with E-state index in [-0.39, 0.29) is 0 Å². The molecular weight excluding hydrogens is 206 g/mol. The Morgan fingerprint density at radius 3 is 2.57 bits per heavy atom. The van der Waals surface area contributed by atoms with Gasteiger partial charge in [0, 0.05) is 5.88 Å². The van der Waals surface area contributed by atoms with Crippen LogP contribution in [0, 0.1) is 11.6 Å². The number of hydrogen-bond donors (Lipinski definition) is 0.